The van der Waals surface area contributed by atoms with Gasteiger partial charge in [0.25, 0.3) is 0 Å². The Bertz CT molecular complexity index is 240. The van der Waals surface area contributed by atoms with Crippen molar-refractivity contribution in [2.24, 2.45) is 10.8 Å². The molecule has 0 aliphatic carbocycles. The van der Waals surface area contributed by atoms with E-state index >= 15 is 0 Å². The van der Waals surface area contributed by atoms with Crippen molar-refractivity contribution in [2.75, 3.05) is 0 Å². The van der Waals surface area contributed by atoms with Crippen molar-refractivity contribution < 1.29 is 9.90 Å². The number of hydrogen-bond donors (Lipinski definition) is 1. The van der Waals surface area contributed by atoms with E-state index < -0.39 is 11.4 Å². The Labute approximate surface area is 96.0 Å². The quantitative estimate of drug-likeness (QED) is 0.736. The largest absolute Gasteiger partial charge is 0.481 e. The number of carboxylic acid groups (broad SMARTS) is 1. The van der Waals surface area contributed by atoms with Gasteiger partial charge in [-0.3, -0.25) is 4.79 Å². The average Bonchev–Trinajstić information content (AvgIpc) is 2.01. The normalized spacial score (nSPS) is 17.3. The molecule has 0 rings (SSSR count). The first-order chi connectivity index (χ1) is 6.46. The van der Waals surface area contributed by atoms with Gasteiger partial charge in [0.05, 0.1) is 5.41 Å². The number of rotatable bonds is 5. The molecule has 0 amide bonds. The van der Waals surface area contributed by atoms with Gasteiger partial charge in [0.15, 0.2) is 0 Å². The number of carboxylic acids is 1. The standard InChI is InChI=1S/C12H25O2P/c1-7-10(2,3)8-12(6,9(13)14)11(4,5)15/h7-8,15H2,1-6H3,(H,13,14). The van der Waals surface area contributed by atoms with E-state index in [-0.39, 0.29) is 10.6 Å². The first-order valence-corrected chi connectivity index (χ1v) is 6.06. The van der Waals surface area contributed by atoms with Gasteiger partial charge < -0.3 is 5.11 Å². The summed E-state index contributed by atoms with van der Waals surface area (Å²) in [7, 11) is 2.67. The van der Waals surface area contributed by atoms with E-state index in [9.17, 15) is 9.90 Å². The van der Waals surface area contributed by atoms with Crippen molar-refractivity contribution in [1.82, 2.24) is 0 Å². The van der Waals surface area contributed by atoms with Gasteiger partial charge in [-0.05, 0) is 23.9 Å². The Morgan fingerprint density at radius 1 is 1.20 bits per heavy atom. The first-order valence-electron chi connectivity index (χ1n) is 5.48. The smallest absolute Gasteiger partial charge is 0.310 e. The molecule has 2 unspecified atom stereocenters. The molecule has 0 aromatic carbocycles. The van der Waals surface area contributed by atoms with Crippen LogP contribution in [0.2, 0.25) is 0 Å². The molecule has 3 heteroatoms. The zero-order chi connectivity index (χ0) is 12.5. The number of aliphatic carboxylic acids is 1. The molecule has 0 spiro atoms. The minimum Gasteiger partial charge on any atom is -0.481 e. The molecular formula is C12H25O2P. The van der Waals surface area contributed by atoms with Gasteiger partial charge in [-0.25, -0.2) is 0 Å². The molecule has 0 aromatic heterocycles. The van der Waals surface area contributed by atoms with Gasteiger partial charge in [0, 0.05) is 0 Å². The molecule has 2 atom stereocenters. The Balaban J connectivity index is 5.09. The lowest BCUT2D eigenvalue weighted by Gasteiger charge is -2.42. The maximum Gasteiger partial charge on any atom is 0.310 e. The van der Waals surface area contributed by atoms with Crippen LogP contribution < -0.4 is 0 Å². The van der Waals surface area contributed by atoms with E-state index in [4.69, 9.17) is 0 Å². The number of carbonyl (C=O) groups is 1. The zero-order valence-corrected chi connectivity index (χ0v) is 12.0. The Morgan fingerprint density at radius 2 is 1.60 bits per heavy atom. The Hall–Kier alpha value is -0.100. The van der Waals surface area contributed by atoms with Crippen LogP contribution in [0.5, 0.6) is 0 Å². The molecule has 0 saturated carbocycles. The van der Waals surface area contributed by atoms with Crippen LogP contribution in [0.4, 0.5) is 0 Å². The van der Waals surface area contributed by atoms with E-state index in [1.807, 2.05) is 20.8 Å². The molecule has 0 bridgehead atoms. The van der Waals surface area contributed by atoms with Crippen LogP contribution in [-0.4, -0.2) is 16.2 Å². The molecule has 0 aliphatic rings. The van der Waals surface area contributed by atoms with Crippen LogP contribution >= 0.6 is 9.24 Å². The predicted molar refractivity (Wildman–Crippen MR) is 68.2 cm³/mol. The van der Waals surface area contributed by atoms with Gasteiger partial charge in [0.2, 0.25) is 0 Å². The van der Waals surface area contributed by atoms with Crippen molar-refractivity contribution in [2.45, 2.75) is 59.5 Å². The van der Waals surface area contributed by atoms with Crippen molar-refractivity contribution in [1.29, 1.82) is 0 Å². The predicted octanol–water partition coefficient (Wildman–Crippen LogP) is 3.56. The van der Waals surface area contributed by atoms with Crippen molar-refractivity contribution in [3.63, 3.8) is 0 Å². The molecule has 0 heterocycles. The summed E-state index contributed by atoms with van der Waals surface area (Å²) < 4.78 is 0. The number of hydrogen-bond acceptors (Lipinski definition) is 1. The summed E-state index contributed by atoms with van der Waals surface area (Å²) in [6, 6.07) is 0. The second-order valence-corrected chi connectivity index (χ2v) is 7.50. The fourth-order valence-corrected chi connectivity index (χ4v) is 1.89. The molecule has 0 radical (unpaired) electrons. The summed E-state index contributed by atoms with van der Waals surface area (Å²) in [5.74, 6) is -0.705. The maximum atomic E-state index is 11.4. The third-order valence-corrected chi connectivity index (χ3v) is 4.32. The molecule has 15 heavy (non-hydrogen) atoms. The summed E-state index contributed by atoms with van der Waals surface area (Å²) in [6.45, 7) is 12.2. The Morgan fingerprint density at radius 3 is 1.80 bits per heavy atom. The van der Waals surface area contributed by atoms with Gasteiger partial charge in [-0.1, -0.05) is 41.0 Å². The third-order valence-electron chi connectivity index (χ3n) is 3.68. The van der Waals surface area contributed by atoms with Gasteiger partial charge in [0.1, 0.15) is 0 Å². The van der Waals surface area contributed by atoms with Gasteiger partial charge in [-0.15, -0.1) is 9.24 Å². The molecule has 1 N–H and O–H groups in total. The summed E-state index contributed by atoms with van der Waals surface area (Å²) >= 11 is 0. The molecule has 2 nitrogen and oxygen atoms in total. The third kappa shape index (κ3) is 3.45. The summed E-state index contributed by atoms with van der Waals surface area (Å²) in [4.78, 5) is 11.4. The van der Waals surface area contributed by atoms with E-state index in [2.05, 4.69) is 30.0 Å². The van der Waals surface area contributed by atoms with E-state index in [0.29, 0.717) is 6.42 Å². The highest BCUT2D eigenvalue weighted by atomic mass is 31.0. The molecule has 0 saturated heterocycles. The van der Waals surface area contributed by atoms with Crippen molar-refractivity contribution in [3.8, 4) is 0 Å². The van der Waals surface area contributed by atoms with Crippen LogP contribution in [0.3, 0.4) is 0 Å². The van der Waals surface area contributed by atoms with Crippen LogP contribution in [0.25, 0.3) is 0 Å². The lowest BCUT2D eigenvalue weighted by Crippen LogP contribution is -2.45. The van der Waals surface area contributed by atoms with Gasteiger partial charge in [-0.2, -0.15) is 0 Å². The summed E-state index contributed by atoms with van der Waals surface area (Å²) in [5, 5.41) is 9.11. The van der Waals surface area contributed by atoms with E-state index in [1.165, 1.54) is 0 Å². The maximum absolute atomic E-state index is 11.4. The van der Waals surface area contributed by atoms with Gasteiger partial charge >= 0.3 is 5.97 Å². The second kappa shape index (κ2) is 4.41. The second-order valence-electron chi connectivity index (χ2n) is 6.05. The SMILES string of the molecule is CCC(C)(C)CC(C)(C(=O)O)C(C)(C)P. The highest BCUT2D eigenvalue weighted by Crippen LogP contribution is 2.47. The first kappa shape index (κ1) is 14.9. The Kier molecular flexibility index (Phi) is 4.38. The summed E-state index contributed by atoms with van der Waals surface area (Å²) in [5.41, 5.74) is -0.627. The van der Waals surface area contributed by atoms with Crippen molar-refractivity contribution in [3.05, 3.63) is 0 Å². The minimum atomic E-state index is -0.705. The molecular weight excluding hydrogens is 207 g/mol. The lowest BCUT2D eigenvalue weighted by atomic mass is 9.67. The van der Waals surface area contributed by atoms with E-state index in [0.717, 1.165) is 6.42 Å². The topological polar surface area (TPSA) is 37.3 Å². The molecule has 0 aliphatic heterocycles. The minimum absolute atomic E-state index is 0.0704. The monoisotopic (exact) mass is 232 g/mol. The lowest BCUT2D eigenvalue weighted by molar-refractivity contribution is -0.151. The van der Waals surface area contributed by atoms with Crippen molar-refractivity contribution >= 4 is 15.2 Å². The van der Waals surface area contributed by atoms with E-state index in [1.54, 1.807) is 0 Å². The fraction of sp³-hybridized carbons (Fsp3) is 0.917. The van der Waals surface area contributed by atoms with Crippen LogP contribution in [-0.2, 0) is 4.79 Å². The summed E-state index contributed by atoms with van der Waals surface area (Å²) in [6.07, 6.45) is 1.69. The zero-order valence-electron chi connectivity index (χ0n) is 10.8. The van der Waals surface area contributed by atoms with Crippen LogP contribution in [0.15, 0.2) is 0 Å². The fourth-order valence-electron chi connectivity index (χ4n) is 1.66. The average molecular weight is 232 g/mol. The highest BCUT2D eigenvalue weighted by Gasteiger charge is 2.47. The molecule has 0 fully saturated rings. The molecule has 0 aromatic rings. The van der Waals surface area contributed by atoms with Crippen LogP contribution in [0, 0.1) is 10.8 Å². The molecule has 90 valence electrons. The highest BCUT2D eigenvalue weighted by molar-refractivity contribution is 7.19. The van der Waals surface area contributed by atoms with Crippen LogP contribution in [0.1, 0.15) is 54.4 Å².